The fourth-order valence-corrected chi connectivity index (χ4v) is 6.32. The third-order valence-corrected chi connectivity index (χ3v) is 8.38. The second-order valence-corrected chi connectivity index (χ2v) is 11.0. The third-order valence-electron chi connectivity index (χ3n) is 5.70. The molecule has 1 saturated carbocycles. The Balaban J connectivity index is 1.56. The van der Waals surface area contributed by atoms with E-state index in [-0.39, 0.29) is 0 Å². The number of anilines is 1. The molecule has 0 amide bonds. The van der Waals surface area contributed by atoms with Gasteiger partial charge in [-0.15, -0.1) is 0 Å². The minimum atomic E-state index is -0.696. The van der Waals surface area contributed by atoms with Crippen molar-refractivity contribution in [3.63, 3.8) is 0 Å². The highest BCUT2D eigenvalue weighted by Crippen LogP contribution is 2.23. The van der Waals surface area contributed by atoms with Gasteiger partial charge in [0, 0.05) is 64.7 Å². The highest BCUT2D eigenvalue weighted by atomic mass is 32.2. The van der Waals surface area contributed by atoms with Gasteiger partial charge < -0.3 is 15.5 Å². The van der Waals surface area contributed by atoms with Gasteiger partial charge in [-0.1, -0.05) is 25.5 Å². The number of hydrogen-bond donors (Lipinski definition) is 2. The van der Waals surface area contributed by atoms with Gasteiger partial charge in [-0.2, -0.15) is 11.8 Å². The van der Waals surface area contributed by atoms with Crippen molar-refractivity contribution < 1.29 is 4.21 Å². The van der Waals surface area contributed by atoms with Gasteiger partial charge in [-0.25, -0.2) is 4.99 Å². The predicted molar refractivity (Wildman–Crippen MR) is 129 cm³/mol. The molecule has 1 aromatic rings. The van der Waals surface area contributed by atoms with Gasteiger partial charge in [0.1, 0.15) is 0 Å². The summed E-state index contributed by atoms with van der Waals surface area (Å²) in [4.78, 5) is 7.28. The van der Waals surface area contributed by atoms with Crippen LogP contribution in [0, 0.1) is 0 Å². The maximum absolute atomic E-state index is 12.2. The second kappa shape index (κ2) is 11.8. The van der Waals surface area contributed by atoms with Gasteiger partial charge in [-0.3, -0.25) is 4.21 Å². The van der Waals surface area contributed by atoms with Gasteiger partial charge >= 0.3 is 0 Å². The summed E-state index contributed by atoms with van der Waals surface area (Å²) >= 11 is 2.04. The van der Waals surface area contributed by atoms with Crippen LogP contribution in [-0.4, -0.2) is 58.4 Å². The molecule has 162 valence electrons. The minimum Gasteiger partial charge on any atom is -0.370 e. The normalized spacial score (nSPS) is 24.2. The fraction of sp³-hybridized carbons (Fsp3) is 0.682. The van der Waals surface area contributed by atoms with Crippen molar-refractivity contribution in [2.24, 2.45) is 4.99 Å². The highest BCUT2D eigenvalue weighted by molar-refractivity contribution is 7.99. The first kappa shape index (κ1) is 22.5. The molecule has 1 aromatic carbocycles. The van der Waals surface area contributed by atoms with Crippen molar-refractivity contribution in [1.29, 1.82) is 0 Å². The van der Waals surface area contributed by atoms with Gasteiger partial charge in [0.15, 0.2) is 5.96 Å². The second-order valence-electron chi connectivity index (χ2n) is 7.76. The van der Waals surface area contributed by atoms with E-state index >= 15 is 0 Å². The maximum Gasteiger partial charge on any atom is 0.191 e. The SMILES string of the molecule is CCNC(=NCc1ccc(N2CCSCC2)cc1)NC1CCCC(S(=O)CC)C1. The Labute approximate surface area is 183 Å². The van der Waals surface area contributed by atoms with Crippen LogP contribution < -0.4 is 15.5 Å². The Morgan fingerprint density at radius 2 is 1.97 bits per heavy atom. The number of benzene rings is 1. The molecule has 1 saturated heterocycles. The topological polar surface area (TPSA) is 56.7 Å². The lowest BCUT2D eigenvalue weighted by Gasteiger charge is -2.30. The summed E-state index contributed by atoms with van der Waals surface area (Å²) in [7, 11) is -0.696. The van der Waals surface area contributed by atoms with Crippen LogP contribution >= 0.6 is 11.8 Å². The third kappa shape index (κ3) is 6.92. The molecular weight excluding hydrogens is 400 g/mol. The number of aliphatic imine (C=N–C) groups is 1. The average Bonchev–Trinajstić information content (AvgIpc) is 2.78. The zero-order valence-electron chi connectivity index (χ0n) is 17.9. The predicted octanol–water partition coefficient (Wildman–Crippen LogP) is 3.37. The van der Waals surface area contributed by atoms with E-state index in [1.54, 1.807) is 0 Å². The molecular formula is C22H36N4OS2. The monoisotopic (exact) mass is 436 g/mol. The molecule has 3 unspecified atom stereocenters. The number of nitrogens with one attached hydrogen (secondary N) is 2. The van der Waals surface area contributed by atoms with Crippen molar-refractivity contribution >= 4 is 34.2 Å². The lowest BCUT2D eigenvalue weighted by Crippen LogP contribution is -2.46. The molecule has 0 radical (unpaired) electrons. The van der Waals surface area contributed by atoms with Gasteiger partial charge in [0.25, 0.3) is 0 Å². The molecule has 2 aliphatic rings. The number of rotatable bonds is 7. The van der Waals surface area contributed by atoms with E-state index < -0.39 is 10.8 Å². The summed E-state index contributed by atoms with van der Waals surface area (Å²) in [5, 5.41) is 7.30. The minimum absolute atomic E-state index is 0.329. The first-order chi connectivity index (χ1) is 14.2. The molecule has 2 fully saturated rings. The molecule has 5 nitrogen and oxygen atoms in total. The van der Waals surface area contributed by atoms with Crippen LogP contribution in [0.2, 0.25) is 0 Å². The summed E-state index contributed by atoms with van der Waals surface area (Å²) in [6.45, 7) is 7.91. The lowest BCUT2D eigenvalue weighted by atomic mass is 9.95. The van der Waals surface area contributed by atoms with E-state index in [0.717, 1.165) is 57.0 Å². The zero-order chi connectivity index (χ0) is 20.5. The fourth-order valence-electron chi connectivity index (χ4n) is 4.07. The largest absolute Gasteiger partial charge is 0.370 e. The average molecular weight is 437 g/mol. The maximum atomic E-state index is 12.2. The molecule has 1 heterocycles. The van der Waals surface area contributed by atoms with E-state index in [1.165, 1.54) is 22.8 Å². The van der Waals surface area contributed by atoms with Gasteiger partial charge in [-0.05, 0) is 43.9 Å². The molecule has 1 aliphatic heterocycles. The molecule has 0 spiro atoms. The number of nitrogens with zero attached hydrogens (tertiary/aromatic N) is 2. The molecule has 29 heavy (non-hydrogen) atoms. The van der Waals surface area contributed by atoms with Gasteiger partial charge in [0.2, 0.25) is 0 Å². The molecule has 7 heteroatoms. The van der Waals surface area contributed by atoms with Crippen LogP contribution in [-0.2, 0) is 17.3 Å². The van der Waals surface area contributed by atoms with E-state index in [1.807, 2.05) is 18.7 Å². The van der Waals surface area contributed by atoms with E-state index in [4.69, 9.17) is 4.99 Å². The standard InChI is InChI=1S/C22H36N4OS2/c1-3-23-22(25-19-6-5-7-21(16-19)29(27)4-2)24-17-18-8-10-20(11-9-18)26-12-14-28-15-13-26/h8-11,19,21H,3-7,12-17H2,1-2H3,(H2,23,24,25). The molecule has 0 bridgehead atoms. The van der Waals surface area contributed by atoms with Crippen LogP contribution in [0.25, 0.3) is 0 Å². The van der Waals surface area contributed by atoms with Crippen LogP contribution in [0.4, 0.5) is 5.69 Å². The molecule has 0 aromatic heterocycles. The quantitative estimate of drug-likeness (QED) is 0.507. The number of thioether (sulfide) groups is 1. The molecule has 2 N–H and O–H groups in total. The Bertz CT molecular complexity index is 674. The Morgan fingerprint density at radius 1 is 1.21 bits per heavy atom. The van der Waals surface area contributed by atoms with Crippen molar-refractivity contribution in [2.45, 2.75) is 57.4 Å². The van der Waals surface area contributed by atoms with Gasteiger partial charge in [0.05, 0.1) is 6.54 Å². The smallest absolute Gasteiger partial charge is 0.191 e. The Morgan fingerprint density at radius 3 is 2.66 bits per heavy atom. The van der Waals surface area contributed by atoms with Crippen LogP contribution in [0.1, 0.15) is 45.1 Å². The van der Waals surface area contributed by atoms with E-state index in [9.17, 15) is 4.21 Å². The van der Waals surface area contributed by atoms with Crippen molar-refractivity contribution in [2.75, 3.05) is 41.8 Å². The molecule has 3 rings (SSSR count). The van der Waals surface area contributed by atoms with Crippen molar-refractivity contribution in [3.8, 4) is 0 Å². The summed E-state index contributed by atoms with van der Waals surface area (Å²) in [6, 6.07) is 9.22. The summed E-state index contributed by atoms with van der Waals surface area (Å²) in [6.07, 6.45) is 4.34. The lowest BCUT2D eigenvalue weighted by molar-refractivity contribution is 0.413. The summed E-state index contributed by atoms with van der Waals surface area (Å²) < 4.78 is 12.2. The molecule has 1 aliphatic carbocycles. The zero-order valence-corrected chi connectivity index (χ0v) is 19.5. The van der Waals surface area contributed by atoms with E-state index in [2.05, 4.69) is 46.7 Å². The Kier molecular flexibility index (Phi) is 9.18. The van der Waals surface area contributed by atoms with Crippen LogP contribution in [0.5, 0.6) is 0 Å². The summed E-state index contributed by atoms with van der Waals surface area (Å²) in [5.74, 6) is 4.07. The number of guanidine groups is 1. The van der Waals surface area contributed by atoms with Crippen molar-refractivity contribution in [1.82, 2.24) is 10.6 Å². The van der Waals surface area contributed by atoms with Crippen LogP contribution in [0.3, 0.4) is 0 Å². The molecule has 3 atom stereocenters. The Hall–Kier alpha value is -1.21. The van der Waals surface area contributed by atoms with E-state index in [0.29, 0.717) is 17.8 Å². The first-order valence-electron chi connectivity index (χ1n) is 11.0. The summed E-state index contributed by atoms with van der Waals surface area (Å²) in [5.41, 5.74) is 2.55. The van der Waals surface area contributed by atoms with Crippen molar-refractivity contribution in [3.05, 3.63) is 29.8 Å². The highest BCUT2D eigenvalue weighted by Gasteiger charge is 2.26. The van der Waals surface area contributed by atoms with Crippen LogP contribution in [0.15, 0.2) is 29.3 Å². The first-order valence-corrected chi connectivity index (χ1v) is 13.6. The number of hydrogen-bond acceptors (Lipinski definition) is 4.